The van der Waals surface area contributed by atoms with E-state index in [9.17, 15) is 4.79 Å². The average Bonchev–Trinajstić information content (AvgIpc) is 3.15. The number of carbonyl (C=O) groups excluding carboxylic acids is 1. The van der Waals surface area contributed by atoms with Crippen molar-refractivity contribution in [1.29, 1.82) is 0 Å². The van der Waals surface area contributed by atoms with E-state index in [1.165, 1.54) is 0 Å². The van der Waals surface area contributed by atoms with Crippen LogP contribution in [0, 0.1) is 6.92 Å². The molecule has 7 heteroatoms. The van der Waals surface area contributed by atoms with Gasteiger partial charge < -0.3 is 5.32 Å². The molecule has 0 unspecified atom stereocenters. The first kappa shape index (κ1) is 13.1. The van der Waals surface area contributed by atoms with Crippen molar-refractivity contribution >= 4 is 17.5 Å². The largest absolute Gasteiger partial charge is 0.346 e. The molecule has 2 aromatic rings. The predicted octanol–water partition coefficient (Wildman–Crippen LogP) is 1.97. The van der Waals surface area contributed by atoms with E-state index < -0.39 is 0 Å². The van der Waals surface area contributed by atoms with Crippen molar-refractivity contribution < 1.29 is 4.79 Å². The Hall–Kier alpha value is -1.95. The van der Waals surface area contributed by atoms with Gasteiger partial charge in [0.1, 0.15) is 5.15 Å². The molecule has 0 radical (unpaired) electrons. The Kier molecular flexibility index (Phi) is 3.40. The van der Waals surface area contributed by atoms with Crippen molar-refractivity contribution in [3.63, 3.8) is 0 Å². The molecule has 1 fully saturated rings. The van der Waals surface area contributed by atoms with Crippen LogP contribution in [0.3, 0.4) is 0 Å². The number of pyridine rings is 1. The van der Waals surface area contributed by atoms with Gasteiger partial charge in [-0.3, -0.25) is 4.79 Å². The Balaban J connectivity index is 1.68. The molecule has 20 heavy (non-hydrogen) atoms. The minimum atomic E-state index is -0.213. The van der Waals surface area contributed by atoms with E-state index >= 15 is 0 Å². The van der Waals surface area contributed by atoms with Gasteiger partial charge in [0.15, 0.2) is 5.69 Å². The summed E-state index contributed by atoms with van der Waals surface area (Å²) in [6.07, 6.45) is 2.15. The minimum Gasteiger partial charge on any atom is -0.346 e. The number of nitrogens with one attached hydrogen (secondary N) is 2. The highest BCUT2D eigenvalue weighted by Gasteiger charge is 2.31. The third kappa shape index (κ3) is 2.65. The van der Waals surface area contributed by atoms with Crippen LogP contribution < -0.4 is 5.32 Å². The smallest absolute Gasteiger partial charge is 0.274 e. The summed E-state index contributed by atoms with van der Waals surface area (Å²) in [5, 5.41) is 13.8. The van der Waals surface area contributed by atoms with Crippen LogP contribution in [0.15, 0.2) is 12.1 Å². The second kappa shape index (κ2) is 5.20. The highest BCUT2D eigenvalue weighted by atomic mass is 35.5. The van der Waals surface area contributed by atoms with Crippen molar-refractivity contribution in [2.75, 3.05) is 0 Å². The number of hydrogen-bond donors (Lipinski definition) is 2. The van der Waals surface area contributed by atoms with Crippen LogP contribution >= 0.6 is 11.6 Å². The van der Waals surface area contributed by atoms with E-state index in [1.54, 1.807) is 6.07 Å². The van der Waals surface area contributed by atoms with E-state index in [0.29, 0.717) is 23.3 Å². The normalized spacial score (nSPS) is 14.3. The molecule has 3 rings (SSSR count). The fraction of sp³-hybridized carbons (Fsp3) is 0.385. The lowest BCUT2D eigenvalue weighted by molar-refractivity contribution is 0.0945. The highest BCUT2D eigenvalue weighted by Crippen LogP contribution is 2.39. The fourth-order valence-electron chi connectivity index (χ4n) is 2.05. The molecule has 1 amide bonds. The summed E-state index contributed by atoms with van der Waals surface area (Å²) in [7, 11) is 0. The average molecular weight is 292 g/mol. The number of rotatable bonds is 4. The summed E-state index contributed by atoms with van der Waals surface area (Å²) in [6.45, 7) is 2.25. The van der Waals surface area contributed by atoms with Gasteiger partial charge in [0.25, 0.3) is 5.91 Å². The molecule has 1 aliphatic carbocycles. The number of H-pyrrole nitrogens is 1. The first-order valence-corrected chi connectivity index (χ1v) is 6.84. The molecule has 1 saturated carbocycles. The molecule has 2 N–H and O–H groups in total. The van der Waals surface area contributed by atoms with Crippen LogP contribution in [0.1, 0.15) is 46.2 Å². The number of carbonyl (C=O) groups is 1. The number of aryl methyl sites for hydroxylation is 1. The van der Waals surface area contributed by atoms with E-state index in [4.69, 9.17) is 11.6 Å². The number of aromatic amines is 1. The zero-order valence-corrected chi connectivity index (χ0v) is 11.7. The first-order valence-electron chi connectivity index (χ1n) is 6.46. The fourth-order valence-corrected chi connectivity index (χ4v) is 2.24. The molecule has 0 saturated heterocycles. The third-order valence-electron chi connectivity index (χ3n) is 3.35. The van der Waals surface area contributed by atoms with Gasteiger partial charge >= 0.3 is 0 Å². The summed E-state index contributed by atoms with van der Waals surface area (Å²) in [4.78, 5) is 16.3. The van der Waals surface area contributed by atoms with E-state index in [-0.39, 0.29) is 5.91 Å². The van der Waals surface area contributed by atoms with Crippen LogP contribution in [0.25, 0.3) is 0 Å². The van der Waals surface area contributed by atoms with Gasteiger partial charge in [-0.1, -0.05) is 17.7 Å². The summed E-state index contributed by atoms with van der Waals surface area (Å²) >= 11 is 5.80. The zero-order valence-electron chi connectivity index (χ0n) is 11.0. The number of halogens is 1. The molecule has 1 aliphatic rings. The van der Waals surface area contributed by atoms with Crippen LogP contribution in [-0.2, 0) is 6.54 Å². The summed E-state index contributed by atoms with van der Waals surface area (Å²) in [6, 6.07) is 3.57. The van der Waals surface area contributed by atoms with Crippen molar-refractivity contribution in [3.05, 3.63) is 39.9 Å². The van der Waals surface area contributed by atoms with Crippen LogP contribution in [0.4, 0.5) is 0 Å². The van der Waals surface area contributed by atoms with Crippen LogP contribution in [0.5, 0.6) is 0 Å². The van der Waals surface area contributed by atoms with Crippen molar-refractivity contribution in [3.8, 4) is 0 Å². The second-order valence-electron chi connectivity index (χ2n) is 4.89. The summed E-state index contributed by atoms with van der Waals surface area (Å²) in [5.41, 5.74) is 2.90. The number of amides is 1. The predicted molar refractivity (Wildman–Crippen MR) is 73.5 cm³/mol. The molecule has 0 aliphatic heterocycles. The second-order valence-corrected chi connectivity index (χ2v) is 5.28. The molecule has 0 atom stereocenters. The Labute approximate surface area is 120 Å². The van der Waals surface area contributed by atoms with Gasteiger partial charge in [0, 0.05) is 18.2 Å². The Morgan fingerprint density at radius 3 is 2.95 bits per heavy atom. The van der Waals surface area contributed by atoms with Gasteiger partial charge in [0.05, 0.1) is 5.69 Å². The lowest BCUT2D eigenvalue weighted by atomic mass is 10.2. The van der Waals surface area contributed by atoms with E-state index in [0.717, 1.165) is 29.8 Å². The lowest BCUT2D eigenvalue weighted by Crippen LogP contribution is -2.24. The maximum Gasteiger partial charge on any atom is 0.274 e. The van der Waals surface area contributed by atoms with Crippen molar-refractivity contribution in [2.24, 2.45) is 0 Å². The number of hydrogen-bond acceptors (Lipinski definition) is 4. The van der Waals surface area contributed by atoms with Crippen LogP contribution in [-0.4, -0.2) is 26.3 Å². The van der Waals surface area contributed by atoms with Gasteiger partial charge in [-0.05, 0) is 31.4 Å². The maximum absolute atomic E-state index is 12.1. The Bertz CT molecular complexity index is 650. The summed E-state index contributed by atoms with van der Waals surface area (Å²) < 4.78 is 0. The molecule has 104 valence electrons. The Morgan fingerprint density at radius 2 is 2.25 bits per heavy atom. The molecule has 2 aromatic heterocycles. The van der Waals surface area contributed by atoms with Gasteiger partial charge in [-0.2, -0.15) is 15.4 Å². The van der Waals surface area contributed by atoms with E-state index in [2.05, 4.69) is 25.7 Å². The molecular weight excluding hydrogens is 278 g/mol. The van der Waals surface area contributed by atoms with Crippen molar-refractivity contribution in [1.82, 2.24) is 25.7 Å². The Morgan fingerprint density at radius 1 is 1.45 bits per heavy atom. The first-order chi connectivity index (χ1) is 9.65. The lowest BCUT2D eigenvalue weighted by Gasteiger charge is -2.07. The SMILES string of the molecule is Cc1nc(Cl)ccc1CNC(=O)c1n[nH]nc1C1CC1. The third-order valence-corrected chi connectivity index (χ3v) is 3.57. The van der Waals surface area contributed by atoms with E-state index in [1.807, 2.05) is 13.0 Å². The standard InChI is InChI=1S/C13H14ClN5O/c1-7-9(4-5-10(14)16-7)6-15-13(20)12-11(8-2-3-8)17-19-18-12/h4-5,8H,2-3,6H2,1H3,(H,15,20)(H,17,18,19). The molecular formula is C13H14ClN5O. The van der Waals surface area contributed by atoms with Gasteiger partial charge in [0.2, 0.25) is 0 Å². The summed E-state index contributed by atoms with van der Waals surface area (Å²) in [5.74, 6) is 0.170. The quantitative estimate of drug-likeness (QED) is 0.844. The topological polar surface area (TPSA) is 83.6 Å². The molecule has 6 nitrogen and oxygen atoms in total. The number of aromatic nitrogens is 4. The van der Waals surface area contributed by atoms with Gasteiger partial charge in [-0.15, -0.1) is 0 Å². The maximum atomic E-state index is 12.1. The number of nitrogens with zero attached hydrogens (tertiary/aromatic N) is 3. The van der Waals surface area contributed by atoms with Gasteiger partial charge in [-0.25, -0.2) is 4.98 Å². The molecule has 2 heterocycles. The monoisotopic (exact) mass is 291 g/mol. The molecule has 0 spiro atoms. The van der Waals surface area contributed by atoms with Crippen LogP contribution in [0.2, 0.25) is 5.15 Å². The molecule has 0 aromatic carbocycles. The highest BCUT2D eigenvalue weighted by molar-refractivity contribution is 6.29. The van der Waals surface area contributed by atoms with Crippen molar-refractivity contribution in [2.45, 2.75) is 32.2 Å². The zero-order chi connectivity index (χ0) is 14.1. The minimum absolute atomic E-state index is 0.213. The molecule has 0 bridgehead atoms.